The largest absolute Gasteiger partial charge is 0.586 e. The van der Waals surface area contributed by atoms with Gasteiger partial charge in [0.25, 0.3) is 5.91 Å². The molecule has 0 bridgehead atoms. The third-order valence-corrected chi connectivity index (χ3v) is 4.13. The van der Waals surface area contributed by atoms with Crippen molar-refractivity contribution in [2.75, 3.05) is 33.1 Å². The van der Waals surface area contributed by atoms with E-state index in [9.17, 15) is 13.6 Å². The Hall–Kier alpha value is -3.07. The lowest BCUT2D eigenvalue weighted by molar-refractivity contribution is -0.885. The van der Waals surface area contributed by atoms with E-state index in [0.29, 0.717) is 23.7 Å². The Labute approximate surface area is 160 Å². The Morgan fingerprint density at radius 3 is 2.57 bits per heavy atom. The zero-order chi connectivity index (χ0) is 20.3. The van der Waals surface area contributed by atoms with E-state index in [1.54, 1.807) is 20.3 Å². The molecule has 0 aliphatic carbocycles. The molecular weight excluding hydrogens is 374 g/mol. The number of likely N-dealkylation sites (N-methyl/N-ethyl adjacent to an activating group) is 1. The maximum Gasteiger partial charge on any atom is 0.586 e. The van der Waals surface area contributed by atoms with Gasteiger partial charge in [0.05, 0.1) is 21.3 Å². The van der Waals surface area contributed by atoms with Gasteiger partial charge in [-0.1, -0.05) is 0 Å². The van der Waals surface area contributed by atoms with Crippen molar-refractivity contribution in [1.82, 2.24) is 0 Å². The predicted octanol–water partition coefficient (Wildman–Crippen LogP) is 1.68. The summed E-state index contributed by atoms with van der Waals surface area (Å²) in [7, 11) is 5.01. The van der Waals surface area contributed by atoms with Crippen molar-refractivity contribution in [3.8, 4) is 23.0 Å². The molecule has 1 atom stereocenters. The fraction of sp³-hybridized carbons (Fsp3) is 0.316. The molecule has 9 heteroatoms. The lowest BCUT2D eigenvalue weighted by Gasteiger charge is -2.16. The second-order valence-electron chi connectivity index (χ2n) is 6.37. The Kier molecular flexibility index (Phi) is 5.55. The van der Waals surface area contributed by atoms with E-state index in [1.165, 1.54) is 18.2 Å². The van der Waals surface area contributed by atoms with Gasteiger partial charge >= 0.3 is 6.29 Å². The number of benzene rings is 2. The highest BCUT2D eigenvalue weighted by molar-refractivity contribution is 5.91. The van der Waals surface area contributed by atoms with E-state index in [2.05, 4.69) is 14.8 Å². The van der Waals surface area contributed by atoms with Gasteiger partial charge in [0.2, 0.25) is 0 Å². The number of hydrogen-bond acceptors (Lipinski definition) is 5. The highest BCUT2D eigenvalue weighted by atomic mass is 19.3. The Balaban J connectivity index is 1.58. The molecule has 1 aliphatic rings. The number of ether oxygens (including phenoxy) is 4. The number of nitrogens with one attached hydrogen (secondary N) is 2. The van der Waals surface area contributed by atoms with Crippen LogP contribution in [-0.4, -0.2) is 40.0 Å². The third kappa shape index (κ3) is 4.61. The fourth-order valence-electron chi connectivity index (χ4n) is 2.89. The average molecular weight is 395 g/mol. The number of halogens is 2. The summed E-state index contributed by atoms with van der Waals surface area (Å²) in [6.07, 6.45) is -3.69. The van der Waals surface area contributed by atoms with Crippen LogP contribution < -0.4 is 29.2 Å². The number of quaternary nitrogens is 1. The Bertz CT molecular complexity index is 875. The highest BCUT2D eigenvalue weighted by Crippen LogP contribution is 2.42. The number of hydrogen-bond donors (Lipinski definition) is 2. The molecule has 0 fully saturated rings. The summed E-state index contributed by atoms with van der Waals surface area (Å²) < 4.78 is 45.4. The molecule has 28 heavy (non-hydrogen) atoms. The topological polar surface area (TPSA) is 70.5 Å². The maximum absolute atomic E-state index is 13.1. The highest BCUT2D eigenvalue weighted by Gasteiger charge is 2.43. The first-order valence-corrected chi connectivity index (χ1v) is 8.51. The van der Waals surface area contributed by atoms with Crippen molar-refractivity contribution in [3.63, 3.8) is 0 Å². The predicted molar refractivity (Wildman–Crippen MR) is 96.3 cm³/mol. The van der Waals surface area contributed by atoms with Crippen molar-refractivity contribution in [3.05, 3.63) is 42.0 Å². The van der Waals surface area contributed by atoms with Gasteiger partial charge in [-0.05, 0) is 24.3 Å². The average Bonchev–Trinajstić information content (AvgIpc) is 2.94. The SMILES string of the molecule is COc1ccc(C[NH+](C)CC(=O)Nc2ccc3c(c2)OC(F)(F)O3)c(OC)c1. The van der Waals surface area contributed by atoms with E-state index >= 15 is 0 Å². The summed E-state index contributed by atoms with van der Waals surface area (Å²) in [5.74, 6) is 0.902. The van der Waals surface area contributed by atoms with Gasteiger partial charge in [0, 0.05) is 23.4 Å². The number of amides is 1. The second kappa shape index (κ2) is 7.89. The van der Waals surface area contributed by atoms with Crippen LogP contribution >= 0.6 is 0 Å². The minimum atomic E-state index is -3.69. The lowest BCUT2D eigenvalue weighted by atomic mass is 10.2. The van der Waals surface area contributed by atoms with Crippen LogP contribution in [0.3, 0.4) is 0 Å². The van der Waals surface area contributed by atoms with E-state index < -0.39 is 6.29 Å². The molecule has 0 aromatic heterocycles. The molecule has 2 aromatic rings. The Morgan fingerprint density at radius 1 is 1.11 bits per heavy atom. The van der Waals surface area contributed by atoms with Gasteiger partial charge in [-0.3, -0.25) is 4.79 Å². The lowest BCUT2D eigenvalue weighted by Crippen LogP contribution is -3.08. The third-order valence-electron chi connectivity index (χ3n) is 4.13. The number of alkyl halides is 2. The molecule has 2 N–H and O–H groups in total. The second-order valence-corrected chi connectivity index (χ2v) is 6.37. The molecule has 0 saturated heterocycles. The summed E-state index contributed by atoms with van der Waals surface area (Å²) >= 11 is 0. The first-order valence-electron chi connectivity index (χ1n) is 8.51. The van der Waals surface area contributed by atoms with Crippen LogP contribution in [0.25, 0.3) is 0 Å². The van der Waals surface area contributed by atoms with Crippen LogP contribution in [0.1, 0.15) is 5.56 Å². The van der Waals surface area contributed by atoms with Crippen molar-refractivity contribution >= 4 is 11.6 Å². The molecule has 1 heterocycles. The van der Waals surface area contributed by atoms with Crippen LogP contribution in [0.5, 0.6) is 23.0 Å². The first-order chi connectivity index (χ1) is 13.3. The first kappa shape index (κ1) is 19.7. The number of carbonyl (C=O) groups is 1. The minimum absolute atomic E-state index is 0.0719. The van der Waals surface area contributed by atoms with E-state index in [-0.39, 0.29) is 24.0 Å². The fourth-order valence-corrected chi connectivity index (χ4v) is 2.89. The molecule has 2 aromatic carbocycles. The monoisotopic (exact) mass is 395 g/mol. The zero-order valence-corrected chi connectivity index (χ0v) is 15.7. The normalized spacial score (nSPS) is 15.0. The van der Waals surface area contributed by atoms with Crippen molar-refractivity contribution < 1.29 is 37.4 Å². The molecule has 150 valence electrons. The van der Waals surface area contributed by atoms with Gasteiger partial charge < -0.3 is 29.2 Å². The summed E-state index contributed by atoms with van der Waals surface area (Å²) in [5.41, 5.74) is 1.28. The zero-order valence-electron chi connectivity index (χ0n) is 15.7. The molecule has 1 aliphatic heterocycles. The summed E-state index contributed by atoms with van der Waals surface area (Å²) in [6, 6.07) is 9.60. The standard InChI is InChI=1S/C19H20F2N2O5/c1-23(10-12-4-6-14(25-2)9-16(12)26-3)11-18(24)22-13-5-7-15-17(8-13)28-19(20,21)27-15/h4-9H,10-11H2,1-3H3,(H,22,24)/p+1. The molecule has 1 unspecified atom stereocenters. The molecule has 0 spiro atoms. The van der Waals surface area contributed by atoms with Gasteiger partial charge in [-0.2, -0.15) is 0 Å². The number of fused-ring (bicyclic) bond motifs is 1. The van der Waals surface area contributed by atoms with Crippen LogP contribution in [0.4, 0.5) is 14.5 Å². The smallest absolute Gasteiger partial charge is 0.497 e. The molecule has 1 amide bonds. The maximum atomic E-state index is 13.1. The van der Waals surface area contributed by atoms with Crippen LogP contribution in [0.15, 0.2) is 36.4 Å². The molecule has 7 nitrogen and oxygen atoms in total. The molecule has 0 saturated carbocycles. The van der Waals surface area contributed by atoms with Gasteiger partial charge in [-0.25, -0.2) is 0 Å². The minimum Gasteiger partial charge on any atom is -0.497 e. The Morgan fingerprint density at radius 2 is 1.86 bits per heavy atom. The number of methoxy groups -OCH3 is 2. The quantitative estimate of drug-likeness (QED) is 0.747. The van der Waals surface area contributed by atoms with Crippen LogP contribution in [0, 0.1) is 0 Å². The van der Waals surface area contributed by atoms with Crippen LogP contribution in [0.2, 0.25) is 0 Å². The number of carbonyl (C=O) groups excluding carboxylic acids is 1. The summed E-state index contributed by atoms with van der Waals surface area (Å²) in [5, 5.41) is 2.67. The van der Waals surface area contributed by atoms with Gasteiger partial charge in [-0.15, -0.1) is 8.78 Å². The van der Waals surface area contributed by atoms with Crippen molar-refractivity contribution in [2.45, 2.75) is 12.8 Å². The summed E-state index contributed by atoms with van der Waals surface area (Å²) in [6.45, 7) is 0.716. The van der Waals surface area contributed by atoms with E-state index in [1.807, 2.05) is 19.2 Å². The number of rotatable bonds is 7. The molecular formula is C19H21F2N2O5+. The summed E-state index contributed by atoms with van der Waals surface area (Å²) in [4.78, 5) is 13.2. The number of anilines is 1. The van der Waals surface area contributed by atoms with Gasteiger partial charge in [0.1, 0.15) is 18.0 Å². The van der Waals surface area contributed by atoms with Crippen molar-refractivity contribution in [2.24, 2.45) is 0 Å². The van der Waals surface area contributed by atoms with E-state index in [4.69, 9.17) is 9.47 Å². The van der Waals surface area contributed by atoms with Crippen molar-refractivity contribution in [1.29, 1.82) is 0 Å². The van der Waals surface area contributed by atoms with Gasteiger partial charge in [0.15, 0.2) is 18.0 Å². The van der Waals surface area contributed by atoms with E-state index in [0.717, 1.165) is 10.5 Å². The van der Waals surface area contributed by atoms with Crippen LogP contribution in [-0.2, 0) is 11.3 Å². The molecule has 0 radical (unpaired) electrons. The molecule has 3 rings (SSSR count).